The van der Waals surface area contributed by atoms with E-state index in [-0.39, 0.29) is 18.2 Å². The minimum absolute atomic E-state index is 0.0389. The van der Waals surface area contributed by atoms with Crippen LogP contribution in [0.5, 0.6) is 0 Å². The van der Waals surface area contributed by atoms with Gasteiger partial charge in [0, 0.05) is 56.4 Å². The van der Waals surface area contributed by atoms with Crippen molar-refractivity contribution in [2.75, 3.05) is 56.4 Å². The number of hydrogen-bond donors (Lipinski definition) is 6. The van der Waals surface area contributed by atoms with Crippen molar-refractivity contribution in [3.63, 3.8) is 0 Å². The molecule has 1 aromatic carbocycles. The first kappa shape index (κ1) is 43.4. The predicted octanol–water partition coefficient (Wildman–Crippen LogP) is 3.98. The van der Waals surface area contributed by atoms with Gasteiger partial charge in [0.15, 0.2) is 0 Å². The number of carbonyl (C=O) groups excluding carboxylic acids is 1. The molecule has 15 nitrogen and oxygen atoms in total. The van der Waals surface area contributed by atoms with Crippen molar-refractivity contribution in [1.29, 1.82) is 0 Å². The molecule has 60 heavy (non-hydrogen) atoms. The number of piperidine rings is 2. The number of carboxylic acid groups (broad SMARTS) is 2. The molecule has 0 radical (unpaired) electrons. The average molecular weight is 845 g/mol. The van der Waals surface area contributed by atoms with E-state index in [2.05, 4.69) is 26.7 Å². The van der Waals surface area contributed by atoms with Crippen LogP contribution in [0.2, 0.25) is 0 Å². The lowest BCUT2D eigenvalue weighted by Crippen LogP contribution is -2.50. The molecule has 4 aliphatic heterocycles. The smallest absolute Gasteiger partial charge is 0.321 e. The fourth-order valence-electron chi connectivity index (χ4n) is 9.12. The van der Waals surface area contributed by atoms with E-state index in [9.17, 15) is 33.0 Å². The lowest BCUT2D eigenvalue weighted by atomic mass is 9.92. The summed E-state index contributed by atoms with van der Waals surface area (Å²) in [5, 5.41) is 29.2. The molecule has 2 unspecified atom stereocenters. The monoisotopic (exact) mass is 844 g/mol. The Balaban J connectivity index is 0.966. The first-order valence-corrected chi connectivity index (χ1v) is 23.2. The third-order valence-corrected chi connectivity index (χ3v) is 14.8. The lowest BCUT2D eigenvalue weighted by molar-refractivity contribution is -0.144. The Kier molecular flexibility index (Phi) is 14.0. The number of fused-ring (bicyclic) bond motifs is 2. The number of nitrogens with zero attached hydrogens (tertiary/aromatic N) is 4. The first-order chi connectivity index (χ1) is 28.9. The van der Waals surface area contributed by atoms with Crippen molar-refractivity contribution in [2.45, 2.75) is 108 Å². The zero-order valence-electron chi connectivity index (χ0n) is 34.8. The summed E-state index contributed by atoms with van der Waals surface area (Å²) >= 11 is 0. The molecule has 2 fully saturated rings. The van der Waals surface area contributed by atoms with E-state index in [1.807, 2.05) is 47.1 Å². The highest BCUT2D eigenvalue weighted by atomic mass is 32.2. The zero-order chi connectivity index (χ0) is 42.4. The maximum atomic E-state index is 13.3. The second kappa shape index (κ2) is 19.4. The molecule has 0 saturated carbocycles. The largest absolute Gasteiger partial charge is 0.480 e. The van der Waals surface area contributed by atoms with Crippen LogP contribution >= 0.6 is 0 Å². The Hall–Kier alpha value is -4.64. The summed E-state index contributed by atoms with van der Waals surface area (Å²) in [4.78, 5) is 51.0. The molecule has 0 aliphatic carbocycles. The number of anilines is 2. The van der Waals surface area contributed by atoms with Gasteiger partial charge >= 0.3 is 11.9 Å². The molecule has 4 aliphatic rings. The fourth-order valence-corrected chi connectivity index (χ4v) is 10.6. The predicted molar refractivity (Wildman–Crippen MR) is 230 cm³/mol. The number of aliphatic carboxylic acids is 2. The molecular formula is C44H60N8O7S. The summed E-state index contributed by atoms with van der Waals surface area (Å²) < 4.78 is 29.5. The number of benzene rings is 1. The van der Waals surface area contributed by atoms with Gasteiger partial charge in [0.05, 0.1) is 10.9 Å². The van der Waals surface area contributed by atoms with Crippen LogP contribution in [0.25, 0.3) is 11.3 Å². The van der Waals surface area contributed by atoms with E-state index in [1.165, 1.54) is 5.56 Å². The molecule has 6 heterocycles. The number of carboxylic acids is 2. The van der Waals surface area contributed by atoms with Gasteiger partial charge in [-0.05, 0) is 144 Å². The summed E-state index contributed by atoms with van der Waals surface area (Å²) in [6.45, 7) is 7.88. The molecule has 324 valence electrons. The maximum absolute atomic E-state index is 13.3. The number of sulfonamides is 1. The molecule has 16 heteroatoms. The van der Waals surface area contributed by atoms with Crippen LogP contribution in [-0.2, 0) is 56.6 Å². The van der Waals surface area contributed by atoms with Gasteiger partial charge in [0.25, 0.3) is 0 Å². The molecule has 2 aromatic heterocycles. The van der Waals surface area contributed by atoms with Crippen molar-refractivity contribution >= 4 is 39.5 Å². The van der Waals surface area contributed by atoms with Gasteiger partial charge in [-0.1, -0.05) is 18.2 Å². The van der Waals surface area contributed by atoms with Gasteiger partial charge in [-0.3, -0.25) is 24.2 Å². The minimum Gasteiger partial charge on any atom is -0.480 e. The van der Waals surface area contributed by atoms with E-state index in [0.29, 0.717) is 77.8 Å². The molecule has 0 bridgehead atoms. The summed E-state index contributed by atoms with van der Waals surface area (Å²) in [6.07, 6.45) is 7.29. The van der Waals surface area contributed by atoms with Crippen LogP contribution in [0.3, 0.4) is 0 Å². The van der Waals surface area contributed by atoms with Gasteiger partial charge < -0.3 is 26.2 Å². The van der Waals surface area contributed by atoms with E-state index >= 15 is 0 Å². The van der Waals surface area contributed by atoms with Crippen molar-refractivity contribution in [3.05, 3.63) is 69.9 Å². The normalized spacial score (nSPS) is 19.0. The molecular weight excluding hydrogens is 785 g/mol. The number of nitrogens with one attached hydrogen (secondary N) is 4. The number of aryl methyl sites for hydroxylation is 3. The Bertz CT molecular complexity index is 2150. The van der Waals surface area contributed by atoms with Gasteiger partial charge in [-0.15, -0.1) is 0 Å². The third-order valence-electron chi connectivity index (χ3n) is 12.9. The summed E-state index contributed by atoms with van der Waals surface area (Å²) in [6, 6.07) is 10.8. The van der Waals surface area contributed by atoms with Gasteiger partial charge in [-0.2, -0.15) is 0 Å². The summed E-state index contributed by atoms with van der Waals surface area (Å²) in [5.41, 5.74) is 7.63. The minimum atomic E-state index is -3.58. The van der Waals surface area contributed by atoms with Crippen molar-refractivity contribution in [3.8, 4) is 11.3 Å². The summed E-state index contributed by atoms with van der Waals surface area (Å²) in [5.74, 6) is -0.310. The van der Waals surface area contributed by atoms with Crippen molar-refractivity contribution in [2.24, 2.45) is 5.92 Å². The SMILES string of the molecule is Cc1ccc(CNC(=O)C2CCN(C(C)C(=O)O)CC2)cc1-c1cc(CC(C(=O)O)N2CCC(S(=O)(=O)NCCCc3ccc4c(n3)NCCC4)CC2)c2c(n1)NCCC2. The lowest BCUT2D eigenvalue weighted by Gasteiger charge is -2.36. The first-order valence-electron chi connectivity index (χ1n) is 21.7. The molecule has 0 spiro atoms. The average Bonchev–Trinajstić information content (AvgIpc) is 3.26. The highest BCUT2D eigenvalue weighted by molar-refractivity contribution is 7.90. The quantitative estimate of drug-likeness (QED) is 0.113. The highest BCUT2D eigenvalue weighted by Gasteiger charge is 2.36. The maximum Gasteiger partial charge on any atom is 0.321 e. The number of aromatic nitrogens is 2. The van der Waals surface area contributed by atoms with Crippen molar-refractivity contribution < 1.29 is 33.0 Å². The van der Waals surface area contributed by atoms with Crippen LogP contribution < -0.4 is 20.7 Å². The van der Waals surface area contributed by atoms with E-state index < -0.39 is 39.3 Å². The molecule has 1 amide bonds. The van der Waals surface area contributed by atoms with Gasteiger partial charge in [0.1, 0.15) is 23.7 Å². The molecule has 2 saturated heterocycles. The van der Waals surface area contributed by atoms with Crippen LogP contribution in [-0.4, -0.2) is 119 Å². The molecule has 3 aromatic rings. The Morgan fingerprint density at radius 1 is 0.883 bits per heavy atom. The number of likely N-dealkylation sites (tertiary alicyclic amines) is 2. The van der Waals surface area contributed by atoms with E-state index in [4.69, 9.17) is 9.97 Å². The molecule has 2 atom stereocenters. The number of pyridine rings is 2. The Morgan fingerprint density at radius 3 is 2.33 bits per heavy atom. The van der Waals surface area contributed by atoms with Crippen molar-refractivity contribution in [1.82, 2.24) is 29.8 Å². The van der Waals surface area contributed by atoms with E-state index in [1.54, 1.807) is 6.92 Å². The van der Waals surface area contributed by atoms with Crippen LogP contribution in [0.15, 0.2) is 36.4 Å². The second-order valence-electron chi connectivity index (χ2n) is 16.9. The number of amides is 1. The number of rotatable bonds is 16. The molecule has 6 N–H and O–H groups in total. The Labute approximate surface area is 353 Å². The van der Waals surface area contributed by atoms with Crippen LogP contribution in [0.1, 0.15) is 85.4 Å². The molecule has 7 rings (SSSR count). The summed E-state index contributed by atoms with van der Waals surface area (Å²) in [7, 11) is -3.58. The number of carbonyl (C=O) groups is 3. The standard InChI is InChI=1S/C44H60N8O7S/c1-28-9-10-30(27-47-42(53)32-13-20-51(21-14-32)29(2)43(54)55)24-37(28)38-25-33(36-8-5-18-46-41(36)50-38)26-39(44(56)57)52-22-15-35(16-23-52)60(58,59)48-19-4-7-34-12-11-31-6-3-17-45-40(31)49-34/h9-12,24-25,29,32,35,39,48H,3-8,13-23,26-27H2,1-2H3,(H,45,49)(H,46,50)(H,47,53)(H,54,55)(H,56,57). The van der Waals surface area contributed by atoms with Gasteiger partial charge in [-0.25, -0.2) is 23.1 Å². The Morgan fingerprint density at radius 2 is 1.60 bits per heavy atom. The number of hydrogen-bond acceptors (Lipinski definition) is 11. The second-order valence-corrected chi connectivity index (χ2v) is 18.9. The zero-order valence-corrected chi connectivity index (χ0v) is 35.7. The third kappa shape index (κ3) is 10.4. The van der Waals surface area contributed by atoms with E-state index in [0.717, 1.165) is 89.6 Å². The topological polar surface area (TPSA) is 206 Å². The fraction of sp³-hybridized carbons (Fsp3) is 0.568. The highest BCUT2D eigenvalue weighted by Crippen LogP contribution is 2.33. The van der Waals surface area contributed by atoms with Crippen LogP contribution in [0.4, 0.5) is 11.6 Å². The van der Waals surface area contributed by atoms with Gasteiger partial charge in [0.2, 0.25) is 15.9 Å². The van der Waals surface area contributed by atoms with Crippen LogP contribution in [0, 0.1) is 12.8 Å².